The molecule has 176 valence electrons. The molecule has 0 unspecified atom stereocenters. The molecule has 33 heavy (non-hydrogen) atoms. The molecule has 1 heterocycles. The van der Waals surface area contributed by atoms with Gasteiger partial charge in [0, 0.05) is 42.1 Å². The van der Waals surface area contributed by atoms with Crippen LogP contribution in [0.15, 0.2) is 40.9 Å². The Kier molecular flexibility index (Phi) is 7.55. The number of aromatic nitrogens is 2. The number of halogens is 1. The van der Waals surface area contributed by atoms with Gasteiger partial charge in [-0.2, -0.15) is 4.98 Å². The number of rotatable bonds is 8. The molecule has 0 aliphatic heterocycles. The molecular weight excluding hydrogens is 482 g/mol. The number of hydrogen-bond acceptors (Lipinski definition) is 7. The van der Waals surface area contributed by atoms with E-state index in [2.05, 4.69) is 32.6 Å². The smallest absolute Gasteiger partial charge is 0.225 e. The van der Waals surface area contributed by atoms with Gasteiger partial charge in [-0.05, 0) is 62.4 Å². The van der Waals surface area contributed by atoms with Crippen LogP contribution in [0.3, 0.4) is 0 Å². The van der Waals surface area contributed by atoms with Crippen molar-refractivity contribution in [1.29, 1.82) is 0 Å². The Labute approximate surface area is 203 Å². The quantitative estimate of drug-likeness (QED) is 0.393. The summed E-state index contributed by atoms with van der Waals surface area (Å²) < 4.78 is 6.14. The highest BCUT2D eigenvalue weighted by Gasteiger charge is 2.22. The van der Waals surface area contributed by atoms with Gasteiger partial charge >= 0.3 is 0 Å². The van der Waals surface area contributed by atoms with Crippen molar-refractivity contribution in [2.75, 3.05) is 38.0 Å². The Morgan fingerprint density at radius 2 is 1.88 bits per heavy atom. The Balaban J connectivity index is 1.30. The van der Waals surface area contributed by atoms with Gasteiger partial charge in [0.25, 0.3) is 0 Å². The maximum absolute atomic E-state index is 10.3. The van der Waals surface area contributed by atoms with Crippen molar-refractivity contribution in [2.45, 2.75) is 38.3 Å². The Hall–Kier alpha value is -2.58. The molecule has 1 fully saturated rings. The number of fused-ring (bicyclic) bond motifs is 1. The Morgan fingerprint density at radius 3 is 2.61 bits per heavy atom. The Bertz CT molecular complexity index is 1100. The molecule has 1 aromatic heterocycles. The molecule has 0 saturated heterocycles. The van der Waals surface area contributed by atoms with Gasteiger partial charge in [-0.1, -0.05) is 28.1 Å². The molecule has 3 aromatic rings. The van der Waals surface area contributed by atoms with Gasteiger partial charge in [0.2, 0.25) is 5.95 Å². The molecule has 0 spiro atoms. The van der Waals surface area contributed by atoms with Crippen molar-refractivity contribution in [3.63, 3.8) is 0 Å². The highest BCUT2D eigenvalue weighted by Crippen LogP contribution is 2.34. The number of ether oxygens (including phenoxy) is 1. The summed E-state index contributed by atoms with van der Waals surface area (Å²) in [5.41, 5.74) is 1.80. The normalized spacial score (nSPS) is 18.3. The largest absolute Gasteiger partial charge is 0.504 e. The minimum absolute atomic E-state index is 0.202. The number of phenols is 1. The first-order chi connectivity index (χ1) is 15.9. The molecule has 1 aliphatic carbocycles. The van der Waals surface area contributed by atoms with E-state index in [1.807, 2.05) is 43.3 Å². The van der Waals surface area contributed by atoms with Crippen LogP contribution < -0.4 is 20.3 Å². The van der Waals surface area contributed by atoms with Crippen LogP contribution in [0, 0.1) is 5.92 Å². The van der Waals surface area contributed by atoms with E-state index in [0.29, 0.717) is 30.2 Å². The van der Waals surface area contributed by atoms with E-state index < -0.39 is 0 Å². The average molecular weight is 514 g/mol. The third kappa shape index (κ3) is 5.68. The first-order valence-electron chi connectivity index (χ1n) is 11.4. The zero-order chi connectivity index (χ0) is 23.4. The predicted molar refractivity (Wildman–Crippen MR) is 137 cm³/mol. The van der Waals surface area contributed by atoms with Gasteiger partial charge in [-0.3, -0.25) is 0 Å². The number of aromatic hydroxyl groups is 1. The Morgan fingerprint density at radius 1 is 1.12 bits per heavy atom. The van der Waals surface area contributed by atoms with Crippen LogP contribution in [0.4, 0.5) is 11.8 Å². The fourth-order valence-corrected chi connectivity index (χ4v) is 4.97. The summed E-state index contributed by atoms with van der Waals surface area (Å²) in [6.07, 6.45) is 4.48. The molecule has 0 bridgehead atoms. The van der Waals surface area contributed by atoms with Crippen LogP contribution in [-0.4, -0.2) is 48.9 Å². The number of hydrogen-bond donors (Lipinski definition) is 3. The van der Waals surface area contributed by atoms with E-state index in [0.717, 1.165) is 59.0 Å². The summed E-state index contributed by atoms with van der Waals surface area (Å²) in [5, 5.41) is 18.5. The minimum Gasteiger partial charge on any atom is -0.504 e. The number of phenolic OH excluding ortho intramolecular Hbond substituents is 1. The summed E-state index contributed by atoms with van der Waals surface area (Å²) in [5.74, 6) is 2.95. The second-order valence-electron chi connectivity index (χ2n) is 8.89. The molecule has 2 aromatic carbocycles. The minimum atomic E-state index is 0.202. The van der Waals surface area contributed by atoms with Crippen LogP contribution in [-0.2, 0) is 6.54 Å². The lowest BCUT2D eigenvalue weighted by atomic mass is 9.86. The number of nitrogens with zero attached hydrogens (tertiary/aromatic N) is 3. The maximum atomic E-state index is 10.3. The van der Waals surface area contributed by atoms with E-state index in [4.69, 9.17) is 14.7 Å². The van der Waals surface area contributed by atoms with E-state index in [9.17, 15) is 5.11 Å². The van der Waals surface area contributed by atoms with Gasteiger partial charge in [-0.15, -0.1) is 0 Å². The highest BCUT2D eigenvalue weighted by molar-refractivity contribution is 9.10. The van der Waals surface area contributed by atoms with Gasteiger partial charge in [-0.25, -0.2) is 4.98 Å². The molecule has 0 radical (unpaired) electrons. The third-order valence-electron chi connectivity index (χ3n) is 6.27. The van der Waals surface area contributed by atoms with Crippen molar-refractivity contribution < 1.29 is 9.84 Å². The van der Waals surface area contributed by atoms with Crippen LogP contribution in [0.25, 0.3) is 10.9 Å². The van der Waals surface area contributed by atoms with Crippen molar-refractivity contribution in [2.24, 2.45) is 5.92 Å². The number of anilines is 2. The fourth-order valence-electron chi connectivity index (χ4n) is 4.49. The fraction of sp³-hybridized carbons (Fsp3) is 0.440. The second kappa shape index (κ2) is 10.6. The molecule has 4 rings (SSSR count). The topological polar surface area (TPSA) is 82.5 Å². The van der Waals surface area contributed by atoms with Crippen LogP contribution in [0.1, 0.15) is 31.2 Å². The molecule has 8 heteroatoms. The molecule has 1 saturated carbocycles. The van der Waals surface area contributed by atoms with Gasteiger partial charge in [0.15, 0.2) is 11.5 Å². The number of methoxy groups -OCH3 is 1. The number of benzene rings is 2. The third-order valence-corrected chi connectivity index (χ3v) is 6.73. The number of para-hydroxylation sites is 1. The van der Waals surface area contributed by atoms with Gasteiger partial charge in [0.05, 0.1) is 12.6 Å². The van der Waals surface area contributed by atoms with Crippen molar-refractivity contribution in [3.05, 3.63) is 46.4 Å². The predicted octanol–water partition coefficient (Wildman–Crippen LogP) is 4.93. The SMILES string of the molecule is COc1cc(Br)cc(CNCC2CCC(Nc3nc(N(C)C)c4ccccc4n3)CC2)c1O. The lowest BCUT2D eigenvalue weighted by molar-refractivity contribution is 0.322. The first kappa shape index (κ1) is 23.6. The average Bonchev–Trinajstić information content (AvgIpc) is 2.81. The van der Waals surface area contributed by atoms with Gasteiger partial charge in [0.1, 0.15) is 5.82 Å². The summed E-state index contributed by atoms with van der Waals surface area (Å²) in [6.45, 7) is 1.54. The molecule has 0 atom stereocenters. The summed E-state index contributed by atoms with van der Waals surface area (Å²) in [4.78, 5) is 11.6. The molecule has 3 N–H and O–H groups in total. The second-order valence-corrected chi connectivity index (χ2v) is 9.81. The summed E-state index contributed by atoms with van der Waals surface area (Å²) in [6, 6.07) is 12.2. The molecule has 1 aliphatic rings. The summed E-state index contributed by atoms with van der Waals surface area (Å²) >= 11 is 3.48. The zero-order valence-corrected chi connectivity index (χ0v) is 21.0. The van der Waals surface area contributed by atoms with Crippen LogP contribution in [0.2, 0.25) is 0 Å². The van der Waals surface area contributed by atoms with Gasteiger partial charge < -0.3 is 25.4 Å². The standard InChI is InChI=1S/C25H32BrN5O2/c1-31(2)24-20-6-4-5-7-21(20)29-25(30-24)28-19-10-8-16(9-11-19)14-27-15-17-12-18(26)13-22(33-3)23(17)32/h4-7,12-13,16,19,27,32H,8-11,14-15H2,1-3H3,(H,28,29,30). The lowest BCUT2D eigenvalue weighted by Crippen LogP contribution is -2.31. The first-order valence-corrected chi connectivity index (χ1v) is 12.2. The van der Waals surface area contributed by atoms with Crippen molar-refractivity contribution >= 4 is 38.6 Å². The molecule has 0 amide bonds. The van der Waals surface area contributed by atoms with E-state index in [1.165, 1.54) is 0 Å². The zero-order valence-electron chi connectivity index (χ0n) is 19.4. The maximum Gasteiger partial charge on any atom is 0.225 e. The van der Waals surface area contributed by atoms with Crippen molar-refractivity contribution in [1.82, 2.24) is 15.3 Å². The molecular formula is C25H32BrN5O2. The van der Waals surface area contributed by atoms with E-state index in [1.54, 1.807) is 13.2 Å². The van der Waals surface area contributed by atoms with Crippen LogP contribution in [0.5, 0.6) is 11.5 Å². The molecule has 7 nitrogen and oxygen atoms in total. The lowest BCUT2D eigenvalue weighted by Gasteiger charge is -2.29. The van der Waals surface area contributed by atoms with Crippen molar-refractivity contribution in [3.8, 4) is 11.5 Å². The highest BCUT2D eigenvalue weighted by atomic mass is 79.9. The van der Waals surface area contributed by atoms with Crippen LogP contribution >= 0.6 is 15.9 Å². The monoisotopic (exact) mass is 513 g/mol. The van der Waals surface area contributed by atoms with E-state index in [-0.39, 0.29) is 5.75 Å². The summed E-state index contributed by atoms with van der Waals surface area (Å²) in [7, 11) is 5.59. The van der Waals surface area contributed by atoms with E-state index >= 15 is 0 Å². The number of nitrogens with one attached hydrogen (secondary N) is 2.